The summed E-state index contributed by atoms with van der Waals surface area (Å²) in [5, 5.41) is 4.54. The van der Waals surface area contributed by atoms with Crippen LogP contribution >= 0.6 is 11.6 Å². The number of hydrogen-bond acceptors (Lipinski definition) is 1. The second kappa shape index (κ2) is 4.77. The summed E-state index contributed by atoms with van der Waals surface area (Å²) in [6, 6.07) is 25.4. The molecule has 0 unspecified atom stereocenters. The first-order chi connectivity index (χ1) is 11.3. The summed E-state index contributed by atoms with van der Waals surface area (Å²) < 4.78 is 0. The van der Waals surface area contributed by atoms with Crippen molar-refractivity contribution in [2.75, 3.05) is 5.23 Å². The molecule has 1 nitrogen and oxygen atoms in total. The first-order valence-electron chi connectivity index (χ1n) is 7.79. The first kappa shape index (κ1) is 13.0. The van der Waals surface area contributed by atoms with Gasteiger partial charge in [-0.15, -0.1) is 0 Å². The number of hydrogen-bond donors (Lipinski definition) is 1. The smallest absolute Gasteiger partial charge is 0.323 e. The van der Waals surface area contributed by atoms with Crippen molar-refractivity contribution in [3.63, 3.8) is 0 Å². The van der Waals surface area contributed by atoms with Crippen molar-refractivity contribution < 1.29 is 0 Å². The van der Waals surface area contributed by atoms with E-state index in [4.69, 9.17) is 11.6 Å². The summed E-state index contributed by atoms with van der Waals surface area (Å²) in [7, 11) is 0. The number of rotatable bonds is 0. The Morgan fingerprint density at radius 1 is 0.652 bits per heavy atom. The minimum atomic E-state index is 0.100. The quantitative estimate of drug-likeness (QED) is 0.596. The van der Waals surface area contributed by atoms with Gasteiger partial charge in [-0.3, -0.25) is 0 Å². The third kappa shape index (κ3) is 1.76. The van der Waals surface area contributed by atoms with Crippen LogP contribution in [0.4, 0.5) is 5.69 Å². The van der Waals surface area contributed by atoms with E-state index >= 15 is 0 Å². The highest BCUT2D eigenvalue weighted by Gasteiger charge is 2.37. The summed E-state index contributed by atoms with van der Waals surface area (Å²) in [5.41, 5.74) is 8.41. The lowest BCUT2D eigenvalue weighted by Gasteiger charge is -2.34. The summed E-state index contributed by atoms with van der Waals surface area (Å²) in [6.07, 6.45) is 0. The van der Waals surface area contributed by atoms with Gasteiger partial charge in [0.25, 0.3) is 0 Å². The van der Waals surface area contributed by atoms with Gasteiger partial charge in [-0.1, -0.05) is 78.3 Å². The molecule has 0 saturated heterocycles. The van der Waals surface area contributed by atoms with Crippen LogP contribution in [0.25, 0.3) is 21.6 Å². The van der Waals surface area contributed by atoms with Gasteiger partial charge in [0, 0.05) is 16.3 Å². The van der Waals surface area contributed by atoms with Gasteiger partial charge in [-0.05, 0) is 33.7 Å². The third-order valence-corrected chi connectivity index (χ3v) is 5.17. The van der Waals surface area contributed by atoms with E-state index in [0.717, 1.165) is 16.3 Å². The number of para-hydroxylation sites is 1. The van der Waals surface area contributed by atoms with E-state index in [1.165, 1.54) is 27.6 Å². The van der Waals surface area contributed by atoms with Gasteiger partial charge >= 0.3 is 6.85 Å². The Morgan fingerprint density at radius 2 is 1.26 bits per heavy atom. The van der Waals surface area contributed by atoms with Crippen molar-refractivity contribution in [1.82, 2.24) is 0 Å². The zero-order valence-corrected chi connectivity index (χ0v) is 13.1. The molecule has 2 aliphatic rings. The molecule has 3 aromatic rings. The van der Waals surface area contributed by atoms with Gasteiger partial charge in [0.05, 0.1) is 0 Å². The largest absolute Gasteiger partial charge is 0.420 e. The monoisotopic (exact) mass is 313 g/mol. The van der Waals surface area contributed by atoms with Gasteiger partial charge in [0.1, 0.15) is 0 Å². The van der Waals surface area contributed by atoms with Gasteiger partial charge in [0.2, 0.25) is 0 Å². The third-order valence-electron chi connectivity index (χ3n) is 4.77. The van der Waals surface area contributed by atoms with Crippen molar-refractivity contribution in [2.24, 2.45) is 0 Å². The molecule has 5 rings (SSSR count). The maximum atomic E-state index is 6.85. The molecule has 0 spiro atoms. The molecule has 2 aliphatic heterocycles. The summed E-state index contributed by atoms with van der Waals surface area (Å²) in [4.78, 5) is 0. The molecule has 3 heteroatoms. The highest BCUT2D eigenvalue weighted by Crippen LogP contribution is 2.44. The molecule has 0 atom stereocenters. The van der Waals surface area contributed by atoms with Crippen LogP contribution in [-0.4, -0.2) is 6.85 Å². The van der Waals surface area contributed by atoms with Crippen molar-refractivity contribution in [3.8, 4) is 11.1 Å². The number of fused-ring (bicyclic) bond motifs is 7. The van der Waals surface area contributed by atoms with Gasteiger partial charge in [-0.2, -0.15) is 0 Å². The number of benzene rings is 3. The minimum absolute atomic E-state index is 0.100. The van der Waals surface area contributed by atoms with Crippen LogP contribution in [-0.2, 0) is 0 Å². The SMILES string of the molecule is ClC1=C2B(Nc3ccccc31)c1ccccc1-c1ccccc12. The second-order valence-electron chi connectivity index (χ2n) is 5.98. The van der Waals surface area contributed by atoms with E-state index < -0.39 is 0 Å². The predicted octanol–water partition coefficient (Wildman–Crippen LogP) is 4.64. The van der Waals surface area contributed by atoms with E-state index in [1.54, 1.807) is 0 Å². The van der Waals surface area contributed by atoms with Crippen molar-refractivity contribution >= 4 is 40.1 Å². The fourth-order valence-electron chi connectivity index (χ4n) is 3.75. The maximum absolute atomic E-state index is 6.85. The van der Waals surface area contributed by atoms with E-state index in [9.17, 15) is 0 Å². The molecule has 2 heterocycles. The Hall–Kier alpha value is -2.45. The van der Waals surface area contributed by atoms with Crippen molar-refractivity contribution in [1.29, 1.82) is 0 Å². The molecule has 0 saturated carbocycles. The van der Waals surface area contributed by atoms with Crippen molar-refractivity contribution in [3.05, 3.63) is 83.9 Å². The van der Waals surface area contributed by atoms with Crippen LogP contribution in [0.5, 0.6) is 0 Å². The average molecular weight is 314 g/mol. The molecule has 0 bridgehead atoms. The molecule has 0 aliphatic carbocycles. The highest BCUT2D eigenvalue weighted by atomic mass is 35.5. The summed E-state index contributed by atoms with van der Waals surface area (Å²) in [6.45, 7) is 0.100. The Labute approximate surface area is 140 Å². The first-order valence-corrected chi connectivity index (χ1v) is 8.17. The van der Waals surface area contributed by atoms with Crippen LogP contribution in [0.3, 0.4) is 0 Å². The van der Waals surface area contributed by atoms with Gasteiger partial charge in [-0.25, -0.2) is 0 Å². The molecule has 0 fully saturated rings. The standard InChI is InChI=1S/C20H13BClN/c22-20-16-10-4-6-12-18(16)23-21-17-11-5-3-8-14(17)13-7-1-2-9-15(13)19(20)21/h1-12,23H. The molecule has 0 radical (unpaired) electrons. The highest BCUT2D eigenvalue weighted by molar-refractivity contribution is 6.98. The number of halogens is 1. The molecule has 108 valence electrons. The number of anilines is 1. The molecule has 3 aromatic carbocycles. The average Bonchev–Trinajstić information content (AvgIpc) is 2.62. The van der Waals surface area contributed by atoms with Crippen LogP contribution in [0.1, 0.15) is 11.1 Å². The fourth-order valence-corrected chi connectivity index (χ4v) is 4.13. The molecule has 0 aromatic heterocycles. The Balaban J connectivity index is 1.89. The van der Waals surface area contributed by atoms with Gasteiger partial charge < -0.3 is 5.23 Å². The lowest BCUT2D eigenvalue weighted by atomic mass is 9.43. The summed E-state index contributed by atoms with van der Waals surface area (Å²) >= 11 is 6.85. The summed E-state index contributed by atoms with van der Waals surface area (Å²) in [5.74, 6) is 0. The van der Waals surface area contributed by atoms with Crippen molar-refractivity contribution in [2.45, 2.75) is 0 Å². The van der Waals surface area contributed by atoms with Crippen LogP contribution in [0.15, 0.2) is 72.8 Å². The molecule has 1 N–H and O–H groups in total. The molecule has 23 heavy (non-hydrogen) atoms. The Morgan fingerprint density at radius 3 is 2.09 bits per heavy atom. The zero-order valence-electron chi connectivity index (χ0n) is 12.4. The number of nitrogens with one attached hydrogen (secondary N) is 1. The Bertz CT molecular complexity index is 977. The van der Waals surface area contributed by atoms with E-state index in [-0.39, 0.29) is 6.85 Å². The minimum Gasteiger partial charge on any atom is -0.420 e. The molecular weight excluding hydrogens is 300 g/mol. The van der Waals surface area contributed by atoms with Crippen LogP contribution in [0.2, 0.25) is 0 Å². The van der Waals surface area contributed by atoms with E-state index in [2.05, 4.69) is 65.9 Å². The van der Waals surface area contributed by atoms with E-state index in [0.29, 0.717) is 0 Å². The topological polar surface area (TPSA) is 12.0 Å². The zero-order chi connectivity index (χ0) is 15.4. The second-order valence-corrected chi connectivity index (χ2v) is 6.36. The maximum Gasteiger partial charge on any atom is 0.323 e. The lowest BCUT2D eigenvalue weighted by molar-refractivity contribution is 1.53. The molecule has 0 amide bonds. The van der Waals surface area contributed by atoms with Crippen LogP contribution in [0, 0.1) is 0 Å². The van der Waals surface area contributed by atoms with Crippen LogP contribution < -0.4 is 10.7 Å². The Kier molecular flexibility index (Phi) is 2.71. The normalized spacial score (nSPS) is 14.4. The van der Waals surface area contributed by atoms with Gasteiger partial charge in [0.15, 0.2) is 0 Å². The fraction of sp³-hybridized carbons (Fsp3) is 0. The predicted molar refractivity (Wildman–Crippen MR) is 100.0 cm³/mol. The lowest BCUT2D eigenvalue weighted by Crippen LogP contribution is -2.45. The van der Waals surface area contributed by atoms with E-state index in [1.807, 2.05) is 12.1 Å². The molecular formula is C20H13BClN.